The van der Waals surface area contributed by atoms with E-state index in [1.54, 1.807) is 30.3 Å². The van der Waals surface area contributed by atoms with Crippen LogP contribution in [0.2, 0.25) is 5.02 Å². The molecule has 230 valence electrons. The number of nitriles is 1. The van der Waals surface area contributed by atoms with E-state index in [0.717, 1.165) is 0 Å². The number of hydrogen-bond acceptors (Lipinski definition) is 8. The fourth-order valence-corrected chi connectivity index (χ4v) is 7.03. The van der Waals surface area contributed by atoms with E-state index in [-0.39, 0.29) is 41.6 Å². The molecule has 3 heterocycles. The van der Waals surface area contributed by atoms with E-state index in [1.807, 2.05) is 13.0 Å². The van der Waals surface area contributed by atoms with Gasteiger partial charge in [0, 0.05) is 29.6 Å². The topological polar surface area (TPSA) is 129 Å². The van der Waals surface area contributed by atoms with Crippen LogP contribution in [0, 0.1) is 23.1 Å². The first-order chi connectivity index (χ1) is 21.2. The van der Waals surface area contributed by atoms with Crippen molar-refractivity contribution in [3.8, 4) is 6.07 Å². The predicted molar refractivity (Wildman–Crippen MR) is 158 cm³/mol. The molecule has 0 bridgehead atoms. The number of aliphatic hydroxyl groups is 2. The summed E-state index contributed by atoms with van der Waals surface area (Å²) in [6, 6.07) is 11.6. The minimum absolute atomic E-state index is 0.0339. The first-order valence-corrected chi connectivity index (χ1v) is 15.4. The average Bonchev–Trinajstić information content (AvgIpc) is 3.63. The van der Waals surface area contributed by atoms with Gasteiger partial charge in [-0.15, -0.1) is 0 Å². The first-order valence-electron chi connectivity index (χ1n) is 15.0. The van der Waals surface area contributed by atoms with Gasteiger partial charge in [-0.05, 0) is 74.3 Å². The third kappa shape index (κ3) is 5.27. The maximum absolute atomic E-state index is 16.8. The van der Waals surface area contributed by atoms with Gasteiger partial charge in [0.1, 0.15) is 17.7 Å². The minimum Gasteiger partial charge on any atom is -0.393 e. The Morgan fingerprint density at radius 3 is 2.50 bits per heavy atom. The van der Waals surface area contributed by atoms with Crippen LogP contribution >= 0.6 is 11.6 Å². The van der Waals surface area contributed by atoms with Gasteiger partial charge < -0.3 is 19.7 Å². The minimum atomic E-state index is -1.73. The summed E-state index contributed by atoms with van der Waals surface area (Å²) in [6.07, 6.45) is 4.99. The molecule has 2 N–H and O–H groups in total. The Hall–Kier alpha value is -3.46. The number of nitrogens with zero attached hydrogens (tertiary/aromatic N) is 4. The van der Waals surface area contributed by atoms with Crippen LogP contribution in [-0.4, -0.2) is 56.4 Å². The van der Waals surface area contributed by atoms with Gasteiger partial charge in [0.2, 0.25) is 5.72 Å². The number of hydrogen-bond donors (Lipinski definition) is 2. The highest BCUT2D eigenvalue weighted by molar-refractivity contribution is 6.30. The second-order valence-corrected chi connectivity index (χ2v) is 12.2. The van der Waals surface area contributed by atoms with E-state index in [2.05, 4.69) is 9.97 Å². The zero-order valence-electron chi connectivity index (χ0n) is 24.4. The molecule has 3 atom stereocenters. The van der Waals surface area contributed by atoms with Crippen LogP contribution in [0.5, 0.6) is 0 Å². The molecule has 0 spiro atoms. The Balaban J connectivity index is 1.53. The van der Waals surface area contributed by atoms with Crippen LogP contribution in [0.4, 0.5) is 4.39 Å². The lowest BCUT2D eigenvalue weighted by atomic mass is 9.71. The smallest absolute Gasteiger partial charge is 0.257 e. The number of rotatable bonds is 8. The highest BCUT2D eigenvalue weighted by atomic mass is 35.5. The number of benzene rings is 2. The largest absolute Gasteiger partial charge is 0.393 e. The fraction of sp³-hybridized carbons (Fsp3) is 0.455. The normalized spacial score (nSPS) is 26.3. The molecule has 1 amide bonds. The number of halogens is 2. The molecule has 1 aliphatic carbocycles. The number of carbonyl (C=O) groups excluding carboxylic acids is 1. The summed E-state index contributed by atoms with van der Waals surface area (Å²) < 4.78 is 29.2. The Labute approximate surface area is 260 Å². The second kappa shape index (κ2) is 12.1. The molecule has 44 heavy (non-hydrogen) atoms. The van der Waals surface area contributed by atoms with Gasteiger partial charge in [0.25, 0.3) is 5.91 Å². The summed E-state index contributed by atoms with van der Waals surface area (Å²) >= 11 is 6.25. The molecular formula is C33H34ClFN4O5. The maximum Gasteiger partial charge on any atom is 0.257 e. The standard InChI is InChI=1S/C33H34ClFN4O5/c1-2-32(42,21-5-9-25(40)10-6-21)23-13-27-30(28(35)14-23)33(44-26-11-12-43-19-26,22-3-7-24(34)8-4-22)39(31(27)41)18-29-37-16-20(15-36)17-38-29/h3-4,7-8,13-14,16-17,21,25-26,40,42H,2,5-6,9-12,18-19H2,1H3/t21?,25?,26-,32-,33+/m0/s1. The van der Waals surface area contributed by atoms with Gasteiger partial charge in [0.05, 0.1) is 47.7 Å². The van der Waals surface area contributed by atoms with E-state index in [4.69, 9.17) is 21.1 Å². The Bertz CT molecular complexity index is 1570. The molecule has 1 saturated heterocycles. The summed E-state index contributed by atoms with van der Waals surface area (Å²) in [6.45, 7) is 2.42. The van der Waals surface area contributed by atoms with Crippen molar-refractivity contribution in [3.63, 3.8) is 0 Å². The van der Waals surface area contributed by atoms with E-state index in [9.17, 15) is 20.3 Å². The van der Waals surface area contributed by atoms with Crippen molar-refractivity contribution in [1.82, 2.24) is 14.9 Å². The zero-order valence-corrected chi connectivity index (χ0v) is 25.1. The van der Waals surface area contributed by atoms with Crippen LogP contribution in [0.25, 0.3) is 0 Å². The van der Waals surface area contributed by atoms with Crippen molar-refractivity contribution in [2.24, 2.45) is 5.92 Å². The van der Waals surface area contributed by atoms with Crippen LogP contribution in [0.1, 0.15) is 83.9 Å². The molecule has 6 rings (SSSR count). The van der Waals surface area contributed by atoms with E-state index >= 15 is 4.39 Å². The van der Waals surface area contributed by atoms with E-state index in [0.29, 0.717) is 61.3 Å². The highest BCUT2D eigenvalue weighted by Crippen LogP contribution is 2.51. The van der Waals surface area contributed by atoms with Crippen molar-refractivity contribution in [1.29, 1.82) is 5.26 Å². The van der Waals surface area contributed by atoms with Crippen LogP contribution in [0.3, 0.4) is 0 Å². The third-order valence-electron chi connectivity index (χ3n) is 9.29. The Morgan fingerprint density at radius 2 is 1.89 bits per heavy atom. The highest BCUT2D eigenvalue weighted by Gasteiger charge is 2.56. The lowest BCUT2D eigenvalue weighted by Gasteiger charge is -2.41. The van der Waals surface area contributed by atoms with Gasteiger partial charge in [-0.2, -0.15) is 5.26 Å². The van der Waals surface area contributed by atoms with Crippen molar-refractivity contribution in [3.05, 3.63) is 93.3 Å². The molecule has 1 aromatic heterocycles. The molecule has 2 fully saturated rings. The number of aliphatic hydroxyl groups excluding tert-OH is 1. The predicted octanol–water partition coefficient (Wildman–Crippen LogP) is 4.95. The molecule has 2 aliphatic heterocycles. The molecular weight excluding hydrogens is 587 g/mol. The number of amides is 1. The van der Waals surface area contributed by atoms with Gasteiger partial charge in [-0.3, -0.25) is 9.69 Å². The lowest BCUT2D eigenvalue weighted by Crippen LogP contribution is -2.49. The van der Waals surface area contributed by atoms with E-state index < -0.39 is 35.3 Å². The molecule has 3 aliphatic rings. The lowest BCUT2D eigenvalue weighted by molar-refractivity contribution is -0.149. The molecule has 1 saturated carbocycles. The number of carbonyl (C=O) groups is 1. The molecule has 0 unspecified atom stereocenters. The summed E-state index contributed by atoms with van der Waals surface area (Å²) in [7, 11) is 0. The second-order valence-electron chi connectivity index (χ2n) is 11.8. The van der Waals surface area contributed by atoms with Crippen LogP contribution in [0.15, 0.2) is 48.8 Å². The SMILES string of the molecule is CC[C@@](O)(c1cc(F)c2c(c1)C(=O)N(Cc1ncc(C#N)cn1)[C@@]2(O[C@H]1CCOC1)c1ccc(Cl)cc1)C1CCC(O)CC1. The van der Waals surface area contributed by atoms with Gasteiger partial charge >= 0.3 is 0 Å². The monoisotopic (exact) mass is 620 g/mol. The van der Waals surface area contributed by atoms with Gasteiger partial charge in [-0.25, -0.2) is 14.4 Å². The van der Waals surface area contributed by atoms with Crippen molar-refractivity contribution >= 4 is 17.5 Å². The van der Waals surface area contributed by atoms with Crippen molar-refractivity contribution < 1.29 is 28.9 Å². The summed E-state index contributed by atoms with van der Waals surface area (Å²) in [5.74, 6) is -1.17. The number of ether oxygens (including phenoxy) is 2. The van der Waals surface area contributed by atoms with Crippen molar-refractivity contribution in [2.75, 3.05) is 13.2 Å². The fourth-order valence-electron chi connectivity index (χ4n) is 6.91. The number of aromatic nitrogens is 2. The Morgan fingerprint density at radius 1 is 1.18 bits per heavy atom. The summed E-state index contributed by atoms with van der Waals surface area (Å²) in [5, 5.41) is 31.8. The first kappa shape index (κ1) is 30.6. The third-order valence-corrected chi connectivity index (χ3v) is 9.54. The zero-order chi connectivity index (χ0) is 31.1. The van der Waals surface area contributed by atoms with Crippen molar-refractivity contribution in [2.45, 2.75) is 75.5 Å². The average molecular weight is 621 g/mol. The summed E-state index contributed by atoms with van der Waals surface area (Å²) in [5.41, 5.74) is -1.96. The van der Waals surface area contributed by atoms with Crippen LogP contribution < -0.4 is 0 Å². The quantitative estimate of drug-likeness (QED) is 0.362. The van der Waals surface area contributed by atoms with Gasteiger partial charge in [-0.1, -0.05) is 30.7 Å². The maximum atomic E-state index is 16.8. The number of fused-ring (bicyclic) bond motifs is 1. The summed E-state index contributed by atoms with van der Waals surface area (Å²) in [4.78, 5) is 24.5. The van der Waals surface area contributed by atoms with E-state index in [1.165, 1.54) is 23.4 Å². The Kier molecular flexibility index (Phi) is 8.44. The molecule has 0 radical (unpaired) electrons. The molecule has 2 aromatic carbocycles. The molecule has 3 aromatic rings. The molecule has 9 nitrogen and oxygen atoms in total. The molecule has 11 heteroatoms. The van der Waals surface area contributed by atoms with Gasteiger partial charge in [0.15, 0.2) is 0 Å². The van der Waals surface area contributed by atoms with Crippen LogP contribution in [-0.2, 0) is 27.3 Å².